The van der Waals surface area contributed by atoms with Crippen LogP contribution in [-0.2, 0) is 0 Å². The first kappa shape index (κ1) is 16.3. The van der Waals surface area contributed by atoms with Crippen molar-refractivity contribution in [2.45, 2.75) is 31.7 Å². The zero-order chi connectivity index (χ0) is 17.3. The highest BCUT2D eigenvalue weighted by Gasteiger charge is 2.33. The molecule has 3 aromatic carbocycles. The van der Waals surface area contributed by atoms with Crippen LogP contribution in [0.4, 0.5) is 0 Å². The Kier molecular flexibility index (Phi) is 4.40. The van der Waals surface area contributed by atoms with E-state index in [9.17, 15) is 0 Å². The number of nitrogens with zero attached hydrogens (tertiary/aromatic N) is 1. The topological polar surface area (TPSA) is 15.3 Å². The second-order valence-corrected chi connectivity index (χ2v) is 8.01. The van der Waals surface area contributed by atoms with Crippen LogP contribution < -0.4 is 5.32 Å². The van der Waals surface area contributed by atoms with E-state index in [4.69, 9.17) is 0 Å². The number of rotatable bonds is 3. The van der Waals surface area contributed by atoms with Gasteiger partial charge in [-0.25, -0.2) is 0 Å². The lowest BCUT2D eigenvalue weighted by Gasteiger charge is -2.39. The third-order valence-corrected chi connectivity index (χ3v) is 6.51. The van der Waals surface area contributed by atoms with Crippen LogP contribution in [0.2, 0.25) is 0 Å². The van der Waals surface area contributed by atoms with Gasteiger partial charge in [0.1, 0.15) is 0 Å². The molecular formula is C24H28N2. The van der Waals surface area contributed by atoms with Gasteiger partial charge in [0, 0.05) is 32.2 Å². The van der Waals surface area contributed by atoms with E-state index in [1.165, 1.54) is 60.3 Å². The summed E-state index contributed by atoms with van der Waals surface area (Å²) < 4.78 is 0. The normalized spacial score (nSPS) is 20.8. The maximum atomic E-state index is 3.54. The Hall–Kier alpha value is -1.90. The van der Waals surface area contributed by atoms with E-state index >= 15 is 0 Å². The summed E-state index contributed by atoms with van der Waals surface area (Å²) in [5, 5.41) is 9.19. The second kappa shape index (κ2) is 7.02. The van der Waals surface area contributed by atoms with Gasteiger partial charge in [-0.15, -0.1) is 0 Å². The fourth-order valence-electron chi connectivity index (χ4n) is 5.31. The standard InChI is InChI=1S/C24H28N2/c1-2-8-18(7-1)24(26-15-13-25-14-16-26)23-17-19-9-3-4-10-20(19)21-11-5-6-12-22(21)23/h3-6,9-12,17-18,24-25H,1-2,7-8,13-16H2/t24-/m0/s1. The Balaban J connectivity index is 1.72. The predicted molar refractivity (Wildman–Crippen MR) is 111 cm³/mol. The summed E-state index contributed by atoms with van der Waals surface area (Å²) in [6.45, 7) is 4.58. The van der Waals surface area contributed by atoms with Crippen LogP contribution in [0.3, 0.4) is 0 Å². The largest absolute Gasteiger partial charge is 0.314 e. The maximum absolute atomic E-state index is 3.54. The zero-order valence-corrected chi connectivity index (χ0v) is 15.5. The molecule has 2 heteroatoms. The second-order valence-electron chi connectivity index (χ2n) is 8.01. The van der Waals surface area contributed by atoms with Crippen LogP contribution in [0, 0.1) is 5.92 Å². The molecule has 0 unspecified atom stereocenters. The number of benzene rings is 3. The van der Waals surface area contributed by atoms with Crippen LogP contribution in [-0.4, -0.2) is 31.1 Å². The Bertz CT molecular complexity index is 904. The highest BCUT2D eigenvalue weighted by Crippen LogP contribution is 2.43. The molecule has 26 heavy (non-hydrogen) atoms. The van der Waals surface area contributed by atoms with Gasteiger partial charge in [0.15, 0.2) is 0 Å². The third kappa shape index (κ3) is 2.82. The fraction of sp³-hybridized carbons (Fsp3) is 0.417. The van der Waals surface area contributed by atoms with E-state index in [1.807, 2.05) is 0 Å². The Morgan fingerprint density at radius 1 is 0.808 bits per heavy atom. The summed E-state index contributed by atoms with van der Waals surface area (Å²) in [5.41, 5.74) is 1.56. The van der Waals surface area contributed by atoms with Crippen molar-refractivity contribution in [1.29, 1.82) is 0 Å². The van der Waals surface area contributed by atoms with E-state index in [-0.39, 0.29) is 0 Å². The molecule has 0 bridgehead atoms. The molecule has 1 N–H and O–H groups in total. The molecule has 134 valence electrons. The molecule has 2 aliphatic rings. The Morgan fingerprint density at radius 2 is 1.46 bits per heavy atom. The molecule has 0 amide bonds. The average molecular weight is 345 g/mol. The Labute approximate surface area is 156 Å². The summed E-state index contributed by atoms with van der Waals surface area (Å²) >= 11 is 0. The van der Waals surface area contributed by atoms with Gasteiger partial charge in [0.25, 0.3) is 0 Å². The van der Waals surface area contributed by atoms with Crippen LogP contribution in [0.25, 0.3) is 21.5 Å². The van der Waals surface area contributed by atoms with Crippen molar-refractivity contribution in [2.24, 2.45) is 5.92 Å². The summed E-state index contributed by atoms with van der Waals surface area (Å²) in [6.07, 6.45) is 5.57. The first-order valence-electron chi connectivity index (χ1n) is 10.3. The molecule has 1 aliphatic heterocycles. The number of hydrogen-bond acceptors (Lipinski definition) is 2. The monoisotopic (exact) mass is 344 g/mol. The molecule has 1 saturated carbocycles. The minimum Gasteiger partial charge on any atom is -0.314 e. The third-order valence-electron chi connectivity index (χ3n) is 6.51. The minimum absolute atomic E-state index is 0.564. The van der Waals surface area contributed by atoms with Gasteiger partial charge in [-0.05, 0) is 51.9 Å². The van der Waals surface area contributed by atoms with Crippen molar-refractivity contribution in [3.05, 3.63) is 60.2 Å². The minimum atomic E-state index is 0.564. The molecule has 1 aliphatic carbocycles. The molecule has 5 rings (SSSR count). The van der Waals surface area contributed by atoms with Crippen molar-refractivity contribution < 1.29 is 0 Å². The Morgan fingerprint density at radius 3 is 2.23 bits per heavy atom. The molecule has 1 saturated heterocycles. The van der Waals surface area contributed by atoms with Gasteiger partial charge in [-0.2, -0.15) is 0 Å². The van der Waals surface area contributed by atoms with Gasteiger partial charge < -0.3 is 5.32 Å². The van der Waals surface area contributed by atoms with Gasteiger partial charge >= 0.3 is 0 Å². The number of piperazine rings is 1. The van der Waals surface area contributed by atoms with E-state index < -0.39 is 0 Å². The van der Waals surface area contributed by atoms with E-state index in [2.05, 4.69) is 64.8 Å². The number of nitrogens with one attached hydrogen (secondary N) is 1. The molecule has 0 spiro atoms. The lowest BCUT2D eigenvalue weighted by atomic mass is 9.85. The van der Waals surface area contributed by atoms with Gasteiger partial charge in [-0.1, -0.05) is 61.4 Å². The van der Waals surface area contributed by atoms with Crippen LogP contribution >= 0.6 is 0 Å². The number of hydrogen-bond donors (Lipinski definition) is 1. The van der Waals surface area contributed by atoms with Crippen LogP contribution in [0.15, 0.2) is 54.6 Å². The molecule has 0 radical (unpaired) electrons. The summed E-state index contributed by atoms with van der Waals surface area (Å²) in [6, 6.07) is 21.0. The first-order chi connectivity index (χ1) is 12.9. The van der Waals surface area contributed by atoms with Crippen molar-refractivity contribution in [1.82, 2.24) is 10.2 Å². The van der Waals surface area contributed by atoms with Crippen LogP contribution in [0.5, 0.6) is 0 Å². The van der Waals surface area contributed by atoms with Crippen molar-refractivity contribution in [3.8, 4) is 0 Å². The summed E-state index contributed by atoms with van der Waals surface area (Å²) in [4.78, 5) is 2.77. The predicted octanol–water partition coefficient (Wildman–Crippen LogP) is 5.13. The molecule has 1 atom stereocenters. The molecule has 0 aromatic heterocycles. The highest BCUT2D eigenvalue weighted by atomic mass is 15.2. The first-order valence-corrected chi connectivity index (χ1v) is 10.3. The lowest BCUT2D eigenvalue weighted by Crippen LogP contribution is -2.46. The van der Waals surface area contributed by atoms with Crippen molar-refractivity contribution in [3.63, 3.8) is 0 Å². The fourth-order valence-corrected chi connectivity index (χ4v) is 5.31. The molecule has 2 fully saturated rings. The molecule has 1 heterocycles. The van der Waals surface area contributed by atoms with E-state index in [0.717, 1.165) is 19.0 Å². The van der Waals surface area contributed by atoms with Gasteiger partial charge in [0.2, 0.25) is 0 Å². The maximum Gasteiger partial charge on any atom is 0.0383 e. The smallest absolute Gasteiger partial charge is 0.0383 e. The van der Waals surface area contributed by atoms with Gasteiger partial charge in [0.05, 0.1) is 0 Å². The zero-order valence-electron chi connectivity index (χ0n) is 15.5. The average Bonchev–Trinajstić information content (AvgIpc) is 3.23. The molecule has 3 aromatic rings. The number of fused-ring (bicyclic) bond motifs is 3. The van der Waals surface area contributed by atoms with Crippen LogP contribution in [0.1, 0.15) is 37.3 Å². The van der Waals surface area contributed by atoms with Gasteiger partial charge in [-0.3, -0.25) is 4.90 Å². The van der Waals surface area contributed by atoms with E-state index in [0.29, 0.717) is 6.04 Å². The SMILES string of the molecule is c1ccc2c(c1)cc([C@H](C1CCCC1)N1CCNCC1)c1ccccc12. The lowest BCUT2D eigenvalue weighted by molar-refractivity contribution is 0.126. The summed E-state index contributed by atoms with van der Waals surface area (Å²) in [5.74, 6) is 0.803. The molecule has 2 nitrogen and oxygen atoms in total. The summed E-state index contributed by atoms with van der Waals surface area (Å²) in [7, 11) is 0. The molecular weight excluding hydrogens is 316 g/mol. The van der Waals surface area contributed by atoms with Crippen molar-refractivity contribution >= 4 is 21.5 Å². The highest BCUT2D eigenvalue weighted by molar-refractivity contribution is 6.09. The quantitative estimate of drug-likeness (QED) is 0.663. The van der Waals surface area contributed by atoms with Crippen molar-refractivity contribution in [2.75, 3.05) is 26.2 Å². The van der Waals surface area contributed by atoms with E-state index in [1.54, 1.807) is 5.56 Å².